The Hall–Kier alpha value is -0.650. The maximum atomic E-state index is 11.5. The van der Waals surface area contributed by atoms with Crippen molar-refractivity contribution in [2.45, 2.75) is 97.2 Å². The lowest BCUT2D eigenvalue weighted by atomic mass is 9.43. The number of aliphatic hydroxyl groups excluding tert-OH is 2. The fraction of sp³-hybridized carbons (Fsp3) is 0.958. The summed E-state index contributed by atoms with van der Waals surface area (Å²) in [7, 11) is 0. The third-order valence-electron chi connectivity index (χ3n) is 10.3. The predicted molar refractivity (Wildman–Crippen MR) is 112 cm³/mol. The average molecular weight is 410 g/mol. The van der Waals surface area contributed by atoms with Crippen LogP contribution in [0.15, 0.2) is 0 Å². The Kier molecular flexibility index (Phi) is 6.45. The van der Waals surface area contributed by atoms with Gasteiger partial charge in [0.05, 0.1) is 12.2 Å². The Morgan fingerprint density at radius 1 is 1.07 bits per heavy atom. The van der Waals surface area contributed by atoms with Gasteiger partial charge in [0, 0.05) is 5.97 Å². The van der Waals surface area contributed by atoms with Gasteiger partial charge in [-0.2, -0.15) is 0 Å². The minimum Gasteiger partial charge on any atom is -0.550 e. The number of rotatable bonds is 4. The summed E-state index contributed by atoms with van der Waals surface area (Å²) in [5.74, 6) is 2.19. The fourth-order valence-corrected chi connectivity index (χ4v) is 8.71. The summed E-state index contributed by atoms with van der Waals surface area (Å²) in [4.78, 5) is 10.9. The number of aliphatic hydroxyl groups is 2. The Balaban J connectivity index is 0.00000240. The number of hydrogen-bond donors (Lipinski definition) is 3. The molecule has 0 amide bonds. The van der Waals surface area contributed by atoms with Crippen molar-refractivity contribution in [3.63, 3.8) is 0 Å². The van der Waals surface area contributed by atoms with Crippen molar-refractivity contribution in [1.82, 2.24) is 6.15 Å². The summed E-state index contributed by atoms with van der Waals surface area (Å²) >= 11 is 0. The Bertz CT molecular complexity index is 612. The van der Waals surface area contributed by atoms with Crippen molar-refractivity contribution in [2.24, 2.45) is 46.3 Å². The van der Waals surface area contributed by atoms with Gasteiger partial charge in [0.1, 0.15) is 0 Å². The van der Waals surface area contributed by atoms with Gasteiger partial charge in [-0.25, -0.2) is 0 Å². The van der Waals surface area contributed by atoms with Crippen molar-refractivity contribution >= 4 is 5.97 Å². The quantitative estimate of drug-likeness (QED) is 0.658. The number of carbonyl (C=O) groups is 1. The molecule has 0 spiro atoms. The topological polar surface area (TPSA) is 117 Å². The smallest absolute Gasteiger partial charge is 0.0602 e. The van der Waals surface area contributed by atoms with Crippen LogP contribution >= 0.6 is 0 Å². The first-order chi connectivity index (χ1) is 13.2. The summed E-state index contributed by atoms with van der Waals surface area (Å²) in [6.45, 7) is 6.94. The highest BCUT2D eigenvalue weighted by Crippen LogP contribution is 2.68. The molecular weight excluding hydrogens is 366 g/mol. The number of carboxylic acid groups (broad SMARTS) is 1. The molecule has 0 saturated heterocycles. The maximum absolute atomic E-state index is 11.5. The standard InChI is InChI=1S/C24H40O4.H3N/c1-14(4-9-22(27)28)18-7-8-19-17-6-5-15-12-16(25)10-11-23(15,2)20(17)13-21(26)24(18,19)3;/h14-21,25-26H,4-13H2,1-3H3,(H,27,28);1H3/t14?,15-,16-,17+,18-,19+,20+,21+,23+,24-;/m1./s1. The van der Waals surface area contributed by atoms with Gasteiger partial charge in [0.15, 0.2) is 0 Å². The molecule has 29 heavy (non-hydrogen) atoms. The first-order valence-electron chi connectivity index (χ1n) is 11.7. The Morgan fingerprint density at radius 3 is 2.48 bits per heavy atom. The van der Waals surface area contributed by atoms with E-state index in [0.29, 0.717) is 41.9 Å². The molecule has 4 aliphatic carbocycles. The molecule has 5 heteroatoms. The van der Waals surface area contributed by atoms with Gasteiger partial charge in [-0.15, -0.1) is 0 Å². The fourth-order valence-electron chi connectivity index (χ4n) is 8.71. The molecule has 0 radical (unpaired) electrons. The summed E-state index contributed by atoms with van der Waals surface area (Å²) in [6.07, 6.45) is 8.98. The molecule has 6 N–H and O–H groups in total. The van der Waals surface area contributed by atoms with E-state index in [9.17, 15) is 20.1 Å². The first-order valence-corrected chi connectivity index (χ1v) is 11.7. The molecule has 10 atom stereocenters. The lowest BCUT2D eigenvalue weighted by Crippen LogP contribution is -2.58. The molecular formula is C24H43NO4. The average Bonchev–Trinajstić information content (AvgIpc) is 3.00. The molecule has 4 saturated carbocycles. The molecule has 1 unspecified atom stereocenters. The van der Waals surface area contributed by atoms with Crippen LogP contribution in [0.5, 0.6) is 0 Å². The summed E-state index contributed by atoms with van der Waals surface area (Å²) in [6, 6.07) is 0. The van der Waals surface area contributed by atoms with Crippen molar-refractivity contribution in [3.8, 4) is 0 Å². The van der Waals surface area contributed by atoms with Crippen LogP contribution in [0.3, 0.4) is 0 Å². The van der Waals surface area contributed by atoms with E-state index in [1.54, 1.807) is 0 Å². The van der Waals surface area contributed by atoms with Gasteiger partial charge in [0.2, 0.25) is 0 Å². The van der Waals surface area contributed by atoms with E-state index < -0.39 is 5.97 Å². The SMILES string of the molecule is CC(CCC(=O)[O-])[C@H]1CC[C@H]2[C@@H]3CC[C@@H]4C[C@H](O)CC[C@]4(C)[C@H]3C[C@H](O)[C@]12C.[NH4+]. The lowest BCUT2D eigenvalue weighted by Gasteiger charge is -2.62. The van der Waals surface area contributed by atoms with E-state index in [4.69, 9.17) is 0 Å². The molecule has 4 aliphatic rings. The molecule has 4 fully saturated rings. The molecule has 0 bridgehead atoms. The number of carboxylic acids is 1. The van der Waals surface area contributed by atoms with Crippen LogP contribution in [0.2, 0.25) is 0 Å². The lowest BCUT2D eigenvalue weighted by molar-refractivity contribution is -0.306. The van der Waals surface area contributed by atoms with E-state index in [-0.39, 0.29) is 35.6 Å². The molecule has 0 aromatic rings. The Morgan fingerprint density at radius 2 is 1.79 bits per heavy atom. The third-order valence-corrected chi connectivity index (χ3v) is 10.3. The monoisotopic (exact) mass is 409 g/mol. The zero-order valence-corrected chi connectivity index (χ0v) is 18.9. The molecule has 0 aliphatic heterocycles. The van der Waals surface area contributed by atoms with Gasteiger partial charge in [-0.3, -0.25) is 0 Å². The normalized spacial score (nSPS) is 49.9. The van der Waals surface area contributed by atoms with Crippen LogP contribution in [0.1, 0.15) is 85.0 Å². The van der Waals surface area contributed by atoms with E-state index in [0.717, 1.165) is 32.1 Å². The number of carbonyl (C=O) groups excluding carboxylic acids is 1. The minimum atomic E-state index is -0.957. The summed E-state index contributed by atoms with van der Waals surface area (Å²) in [5, 5.41) is 32.6. The molecule has 0 aromatic heterocycles. The van der Waals surface area contributed by atoms with Gasteiger partial charge in [0.25, 0.3) is 0 Å². The van der Waals surface area contributed by atoms with E-state index in [2.05, 4.69) is 20.8 Å². The highest BCUT2D eigenvalue weighted by atomic mass is 16.4. The van der Waals surface area contributed by atoms with Crippen LogP contribution in [0.4, 0.5) is 0 Å². The predicted octanol–water partition coefficient (Wildman–Crippen LogP) is 3.52. The molecule has 4 rings (SSSR count). The minimum absolute atomic E-state index is 0. The van der Waals surface area contributed by atoms with Crippen LogP contribution in [0, 0.1) is 46.3 Å². The van der Waals surface area contributed by atoms with Crippen molar-refractivity contribution in [1.29, 1.82) is 0 Å². The zero-order valence-electron chi connectivity index (χ0n) is 18.9. The van der Waals surface area contributed by atoms with Crippen LogP contribution in [-0.4, -0.2) is 28.4 Å². The first kappa shape index (κ1) is 23.0. The molecule has 5 nitrogen and oxygen atoms in total. The van der Waals surface area contributed by atoms with E-state index in [1.807, 2.05) is 0 Å². The number of fused-ring (bicyclic) bond motifs is 5. The zero-order chi connectivity index (χ0) is 20.3. The number of quaternary nitrogens is 1. The molecule has 0 heterocycles. The van der Waals surface area contributed by atoms with Crippen molar-refractivity contribution in [3.05, 3.63) is 0 Å². The number of hydrogen-bond acceptors (Lipinski definition) is 4. The maximum Gasteiger partial charge on any atom is 0.0602 e. The number of aliphatic carboxylic acids is 1. The summed E-state index contributed by atoms with van der Waals surface area (Å²) < 4.78 is 0. The largest absolute Gasteiger partial charge is 0.550 e. The highest BCUT2D eigenvalue weighted by Gasteiger charge is 2.63. The third kappa shape index (κ3) is 3.55. The van der Waals surface area contributed by atoms with Crippen molar-refractivity contribution < 1.29 is 20.1 Å². The second kappa shape index (κ2) is 8.12. The molecule has 168 valence electrons. The van der Waals surface area contributed by atoms with E-state index in [1.165, 1.54) is 19.3 Å². The van der Waals surface area contributed by atoms with Gasteiger partial charge < -0.3 is 26.3 Å². The van der Waals surface area contributed by atoms with Crippen LogP contribution in [0.25, 0.3) is 0 Å². The molecule has 0 aromatic carbocycles. The second-order valence-corrected chi connectivity index (χ2v) is 11.3. The summed E-state index contributed by atoms with van der Waals surface area (Å²) in [5.41, 5.74) is 0.188. The Labute approximate surface area is 176 Å². The van der Waals surface area contributed by atoms with Gasteiger partial charge in [-0.05, 0) is 111 Å². The van der Waals surface area contributed by atoms with Crippen LogP contribution in [-0.2, 0) is 4.79 Å². The van der Waals surface area contributed by atoms with Crippen LogP contribution < -0.4 is 11.3 Å². The van der Waals surface area contributed by atoms with Crippen molar-refractivity contribution in [2.75, 3.05) is 0 Å². The van der Waals surface area contributed by atoms with Gasteiger partial charge in [-0.1, -0.05) is 20.8 Å². The van der Waals surface area contributed by atoms with Gasteiger partial charge >= 0.3 is 0 Å². The second-order valence-electron chi connectivity index (χ2n) is 11.3. The van der Waals surface area contributed by atoms with E-state index >= 15 is 0 Å². The highest BCUT2D eigenvalue weighted by molar-refractivity contribution is 5.64.